The molecule has 0 fully saturated rings. The van der Waals surface area contributed by atoms with Crippen LogP contribution < -0.4 is 5.43 Å². The van der Waals surface area contributed by atoms with Gasteiger partial charge in [0.15, 0.2) is 0 Å². The molecule has 0 saturated carbocycles. The summed E-state index contributed by atoms with van der Waals surface area (Å²) in [5.41, 5.74) is 4.80. The second kappa shape index (κ2) is 7.04. The molecule has 1 N–H and O–H groups in total. The highest BCUT2D eigenvalue weighted by Gasteiger charge is 2.07. The van der Waals surface area contributed by atoms with E-state index in [9.17, 15) is 4.79 Å². The molecule has 0 saturated heterocycles. The standard InChI is InChI=1S/C15H15N3O2/c1-2-20-15(19)18-17-14(12-6-4-3-5-7-12)13-8-10-16-11-9-13/h3-11H,2H2,1H3,(H,18,19). The van der Waals surface area contributed by atoms with Crippen LogP contribution in [0.1, 0.15) is 18.1 Å². The van der Waals surface area contributed by atoms with E-state index in [0.717, 1.165) is 11.1 Å². The van der Waals surface area contributed by atoms with E-state index >= 15 is 0 Å². The van der Waals surface area contributed by atoms with Crippen LogP contribution in [-0.4, -0.2) is 23.4 Å². The third-order valence-corrected chi connectivity index (χ3v) is 2.54. The summed E-state index contributed by atoms with van der Waals surface area (Å²) >= 11 is 0. The first kappa shape index (κ1) is 13.7. The van der Waals surface area contributed by atoms with E-state index in [-0.39, 0.29) is 0 Å². The molecule has 0 radical (unpaired) electrons. The van der Waals surface area contributed by atoms with Crippen molar-refractivity contribution in [3.8, 4) is 0 Å². The van der Waals surface area contributed by atoms with Crippen LogP contribution in [0, 0.1) is 0 Å². The highest BCUT2D eigenvalue weighted by molar-refractivity contribution is 6.12. The fraction of sp³-hybridized carbons (Fsp3) is 0.133. The number of hydrazone groups is 1. The van der Waals surface area contributed by atoms with Crippen molar-refractivity contribution in [1.29, 1.82) is 0 Å². The lowest BCUT2D eigenvalue weighted by Crippen LogP contribution is -2.21. The fourth-order valence-electron chi connectivity index (χ4n) is 1.67. The van der Waals surface area contributed by atoms with Crippen LogP contribution in [-0.2, 0) is 4.74 Å². The zero-order valence-corrected chi connectivity index (χ0v) is 11.1. The van der Waals surface area contributed by atoms with E-state index in [0.29, 0.717) is 12.3 Å². The van der Waals surface area contributed by atoms with Crippen LogP contribution in [0.2, 0.25) is 0 Å². The maximum atomic E-state index is 11.4. The highest BCUT2D eigenvalue weighted by Crippen LogP contribution is 2.09. The van der Waals surface area contributed by atoms with Crippen LogP contribution in [0.15, 0.2) is 60.0 Å². The molecular formula is C15H15N3O2. The van der Waals surface area contributed by atoms with Gasteiger partial charge in [0.1, 0.15) is 0 Å². The maximum absolute atomic E-state index is 11.4. The first-order valence-corrected chi connectivity index (χ1v) is 6.27. The van der Waals surface area contributed by atoms with Crippen LogP contribution in [0.5, 0.6) is 0 Å². The molecule has 0 aliphatic carbocycles. The average molecular weight is 269 g/mol. The summed E-state index contributed by atoms with van der Waals surface area (Å²) in [4.78, 5) is 15.3. The lowest BCUT2D eigenvalue weighted by atomic mass is 10.0. The Morgan fingerprint density at radius 2 is 1.80 bits per heavy atom. The van der Waals surface area contributed by atoms with Crippen molar-refractivity contribution in [3.05, 3.63) is 66.0 Å². The second-order valence-corrected chi connectivity index (χ2v) is 3.89. The number of hydrogen-bond donors (Lipinski definition) is 1. The van der Waals surface area contributed by atoms with E-state index in [1.54, 1.807) is 19.3 Å². The number of amides is 1. The quantitative estimate of drug-likeness (QED) is 0.685. The largest absolute Gasteiger partial charge is 0.449 e. The molecular weight excluding hydrogens is 254 g/mol. The minimum Gasteiger partial charge on any atom is -0.449 e. The first-order chi connectivity index (χ1) is 9.81. The van der Waals surface area contributed by atoms with Crippen LogP contribution in [0.4, 0.5) is 4.79 Å². The molecule has 5 heteroatoms. The summed E-state index contributed by atoms with van der Waals surface area (Å²) < 4.78 is 4.79. The van der Waals surface area contributed by atoms with E-state index in [1.807, 2.05) is 42.5 Å². The van der Waals surface area contributed by atoms with Gasteiger partial charge in [-0.05, 0) is 19.1 Å². The minimum absolute atomic E-state index is 0.303. The van der Waals surface area contributed by atoms with Gasteiger partial charge >= 0.3 is 6.09 Å². The maximum Gasteiger partial charge on any atom is 0.427 e. The van der Waals surface area contributed by atoms with E-state index in [1.165, 1.54) is 0 Å². The summed E-state index contributed by atoms with van der Waals surface area (Å²) in [7, 11) is 0. The third kappa shape index (κ3) is 3.65. The number of carbonyl (C=O) groups is 1. The Morgan fingerprint density at radius 3 is 2.45 bits per heavy atom. The second-order valence-electron chi connectivity index (χ2n) is 3.89. The molecule has 5 nitrogen and oxygen atoms in total. The van der Waals surface area contributed by atoms with Gasteiger partial charge in [0.2, 0.25) is 0 Å². The number of nitrogens with zero attached hydrogens (tertiary/aromatic N) is 2. The topological polar surface area (TPSA) is 63.6 Å². The predicted octanol–water partition coefficient (Wildman–Crippen LogP) is 2.58. The lowest BCUT2D eigenvalue weighted by molar-refractivity contribution is 0.152. The molecule has 0 bridgehead atoms. The normalized spacial score (nSPS) is 10.9. The molecule has 20 heavy (non-hydrogen) atoms. The summed E-state index contributed by atoms with van der Waals surface area (Å²) in [6, 6.07) is 13.3. The Balaban J connectivity index is 2.30. The number of hydrogen-bond acceptors (Lipinski definition) is 4. The molecule has 0 atom stereocenters. The number of aromatic nitrogens is 1. The molecule has 0 unspecified atom stereocenters. The van der Waals surface area contributed by atoms with Gasteiger partial charge in [-0.1, -0.05) is 30.3 Å². The van der Waals surface area contributed by atoms with Gasteiger partial charge in [-0.15, -0.1) is 0 Å². The number of carbonyl (C=O) groups excluding carboxylic acids is 1. The van der Waals surface area contributed by atoms with Crippen molar-refractivity contribution < 1.29 is 9.53 Å². The molecule has 0 spiro atoms. The fourth-order valence-corrected chi connectivity index (χ4v) is 1.67. The number of benzene rings is 1. The summed E-state index contributed by atoms with van der Waals surface area (Å²) in [5, 5.41) is 4.15. The monoisotopic (exact) mass is 269 g/mol. The summed E-state index contributed by atoms with van der Waals surface area (Å²) in [5.74, 6) is 0. The molecule has 1 amide bonds. The molecule has 0 aliphatic rings. The predicted molar refractivity (Wildman–Crippen MR) is 76.5 cm³/mol. The molecule has 2 aromatic rings. The zero-order chi connectivity index (χ0) is 14.2. The van der Waals surface area contributed by atoms with Gasteiger partial charge in [-0.3, -0.25) is 4.98 Å². The Kier molecular flexibility index (Phi) is 4.83. The van der Waals surface area contributed by atoms with Crippen molar-refractivity contribution in [2.75, 3.05) is 6.61 Å². The average Bonchev–Trinajstić information content (AvgIpc) is 2.50. The van der Waals surface area contributed by atoms with Crippen molar-refractivity contribution in [2.24, 2.45) is 5.10 Å². The summed E-state index contributed by atoms with van der Waals surface area (Å²) in [6.45, 7) is 2.04. The molecule has 1 aromatic heterocycles. The highest BCUT2D eigenvalue weighted by atomic mass is 16.5. The Labute approximate surface area is 117 Å². The van der Waals surface area contributed by atoms with Gasteiger partial charge < -0.3 is 4.74 Å². The van der Waals surface area contributed by atoms with Gasteiger partial charge in [-0.2, -0.15) is 5.10 Å². The van der Waals surface area contributed by atoms with Crippen molar-refractivity contribution in [1.82, 2.24) is 10.4 Å². The van der Waals surface area contributed by atoms with E-state index in [2.05, 4.69) is 15.5 Å². The van der Waals surface area contributed by atoms with Gasteiger partial charge in [0, 0.05) is 23.5 Å². The zero-order valence-electron chi connectivity index (χ0n) is 11.1. The first-order valence-electron chi connectivity index (χ1n) is 6.27. The Bertz CT molecular complexity index is 541. The molecule has 1 heterocycles. The van der Waals surface area contributed by atoms with Crippen molar-refractivity contribution >= 4 is 11.8 Å². The van der Waals surface area contributed by atoms with Crippen LogP contribution >= 0.6 is 0 Å². The van der Waals surface area contributed by atoms with Gasteiger partial charge in [0.05, 0.1) is 12.3 Å². The van der Waals surface area contributed by atoms with Crippen molar-refractivity contribution in [3.63, 3.8) is 0 Å². The van der Waals surface area contributed by atoms with Crippen LogP contribution in [0.25, 0.3) is 0 Å². The molecule has 1 aromatic carbocycles. The molecule has 0 aliphatic heterocycles. The van der Waals surface area contributed by atoms with Crippen molar-refractivity contribution in [2.45, 2.75) is 6.92 Å². The number of pyridine rings is 1. The SMILES string of the molecule is CCOC(=O)NN=C(c1ccccc1)c1ccncc1. The minimum atomic E-state index is -0.574. The van der Waals surface area contributed by atoms with Gasteiger partial charge in [0.25, 0.3) is 0 Å². The Hall–Kier alpha value is -2.69. The number of rotatable bonds is 4. The summed E-state index contributed by atoms with van der Waals surface area (Å²) in [6.07, 6.45) is 2.78. The lowest BCUT2D eigenvalue weighted by Gasteiger charge is -2.07. The van der Waals surface area contributed by atoms with Gasteiger partial charge in [-0.25, -0.2) is 10.2 Å². The van der Waals surface area contributed by atoms with E-state index in [4.69, 9.17) is 4.74 Å². The number of ether oxygens (including phenoxy) is 1. The molecule has 2 rings (SSSR count). The van der Waals surface area contributed by atoms with E-state index < -0.39 is 6.09 Å². The number of nitrogens with one attached hydrogen (secondary N) is 1. The smallest absolute Gasteiger partial charge is 0.427 e. The third-order valence-electron chi connectivity index (χ3n) is 2.54. The van der Waals surface area contributed by atoms with Crippen LogP contribution in [0.3, 0.4) is 0 Å². The Morgan fingerprint density at radius 1 is 1.15 bits per heavy atom. The molecule has 102 valence electrons.